The molecule has 0 saturated heterocycles. The highest BCUT2D eigenvalue weighted by atomic mass is 32.2. The number of hydrogen-bond donors (Lipinski definition) is 1. The van der Waals surface area contributed by atoms with Gasteiger partial charge < -0.3 is 10.5 Å². The second kappa shape index (κ2) is 5.80. The molecule has 0 radical (unpaired) electrons. The van der Waals surface area contributed by atoms with E-state index in [-0.39, 0.29) is 5.97 Å². The fraction of sp³-hybridized carbons (Fsp3) is 0.417. The molecular formula is C12H17NO2S. The minimum atomic E-state index is -0.335. The van der Waals surface area contributed by atoms with Gasteiger partial charge in [0, 0.05) is 15.8 Å². The summed E-state index contributed by atoms with van der Waals surface area (Å²) in [6.45, 7) is 4.22. The molecule has 1 rings (SSSR count). The van der Waals surface area contributed by atoms with E-state index in [9.17, 15) is 4.79 Å². The number of methoxy groups -OCH3 is 1. The van der Waals surface area contributed by atoms with Crippen LogP contribution in [0.5, 0.6) is 0 Å². The number of thioether (sulfide) groups is 1. The third-order valence-electron chi connectivity index (χ3n) is 2.34. The van der Waals surface area contributed by atoms with E-state index in [1.54, 1.807) is 30.0 Å². The smallest absolute Gasteiger partial charge is 0.339 e. The van der Waals surface area contributed by atoms with Gasteiger partial charge in [-0.05, 0) is 18.6 Å². The molecule has 0 aliphatic heterocycles. The van der Waals surface area contributed by atoms with Gasteiger partial charge in [-0.25, -0.2) is 4.79 Å². The summed E-state index contributed by atoms with van der Waals surface area (Å²) in [7, 11) is 1.38. The van der Waals surface area contributed by atoms with Gasteiger partial charge in [0.15, 0.2) is 0 Å². The van der Waals surface area contributed by atoms with Crippen LogP contribution in [0.15, 0.2) is 23.1 Å². The lowest BCUT2D eigenvalue weighted by Gasteiger charge is -2.13. The average Bonchev–Trinajstić information content (AvgIpc) is 2.30. The lowest BCUT2D eigenvalue weighted by Crippen LogP contribution is -2.06. The summed E-state index contributed by atoms with van der Waals surface area (Å²) in [5.41, 5.74) is 7.07. The number of nitrogens with two attached hydrogens (primary N) is 1. The van der Waals surface area contributed by atoms with Gasteiger partial charge in [-0.3, -0.25) is 0 Å². The highest BCUT2D eigenvalue weighted by molar-refractivity contribution is 8.00. The van der Waals surface area contributed by atoms with Crippen molar-refractivity contribution in [3.8, 4) is 0 Å². The molecule has 88 valence electrons. The Morgan fingerprint density at radius 3 is 2.81 bits per heavy atom. The van der Waals surface area contributed by atoms with Crippen LogP contribution in [0, 0.1) is 0 Å². The zero-order chi connectivity index (χ0) is 12.1. The minimum absolute atomic E-state index is 0.335. The highest BCUT2D eigenvalue weighted by Crippen LogP contribution is 2.33. The van der Waals surface area contributed by atoms with Crippen LogP contribution in [0.1, 0.15) is 30.6 Å². The first-order valence-electron chi connectivity index (χ1n) is 5.23. The molecule has 16 heavy (non-hydrogen) atoms. The Labute approximate surface area is 100 Å². The van der Waals surface area contributed by atoms with Crippen LogP contribution in [0.25, 0.3) is 0 Å². The number of carbonyl (C=O) groups excluding carboxylic acids is 1. The van der Waals surface area contributed by atoms with E-state index in [1.807, 2.05) is 0 Å². The van der Waals surface area contributed by atoms with Crippen molar-refractivity contribution in [2.75, 3.05) is 12.8 Å². The summed E-state index contributed by atoms with van der Waals surface area (Å²) in [5.74, 6) is -0.335. The number of ether oxygens (including phenoxy) is 1. The first-order chi connectivity index (χ1) is 7.60. The molecule has 4 heteroatoms. The molecule has 3 nitrogen and oxygen atoms in total. The van der Waals surface area contributed by atoms with E-state index >= 15 is 0 Å². The maximum Gasteiger partial charge on any atom is 0.339 e. The molecule has 1 unspecified atom stereocenters. The molecule has 2 N–H and O–H groups in total. The van der Waals surface area contributed by atoms with Gasteiger partial charge in [0.25, 0.3) is 0 Å². The maximum atomic E-state index is 11.6. The van der Waals surface area contributed by atoms with Crippen LogP contribution in [0.2, 0.25) is 0 Å². The van der Waals surface area contributed by atoms with Crippen LogP contribution >= 0.6 is 11.8 Å². The Balaban J connectivity index is 3.08. The number of hydrogen-bond acceptors (Lipinski definition) is 4. The van der Waals surface area contributed by atoms with Crippen LogP contribution in [-0.2, 0) is 4.74 Å². The molecule has 0 aromatic heterocycles. The number of rotatable bonds is 4. The number of esters is 1. The van der Waals surface area contributed by atoms with Crippen molar-refractivity contribution < 1.29 is 9.53 Å². The summed E-state index contributed by atoms with van der Waals surface area (Å²) in [6, 6.07) is 5.31. The Morgan fingerprint density at radius 1 is 1.56 bits per heavy atom. The predicted molar refractivity (Wildman–Crippen MR) is 67.8 cm³/mol. The first kappa shape index (κ1) is 12.9. The van der Waals surface area contributed by atoms with Crippen molar-refractivity contribution in [1.29, 1.82) is 0 Å². The van der Waals surface area contributed by atoms with E-state index in [1.165, 1.54) is 7.11 Å². The topological polar surface area (TPSA) is 52.3 Å². The lowest BCUT2D eigenvalue weighted by molar-refractivity contribution is 0.0597. The normalized spacial score (nSPS) is 12.2. The first-order valence-corrected chi connectivity index (χ1v) is 6.11. The van der Waals surface area contributed by atoms with Gasteiger partial charge in [0.2, 0.25) is 0 Å². The number of benzene rings is 1. The van der Waals surface area contributed by atoms with Crippen LogP contribution in [0.4, 0.5) is 5.69 Å². The number of carbonyl (C=O) groups is 1. The van der Waals surface area contributed by atoms with E-state index in [4.69, 9.17) is 10.5 Å². The number of anilines is 1. The predicted octanol–water partition coefficient (Wildman–Crippen LogP) is 2.95. The van der Waals surface area contributed by atoms with Gasteiger partial charge >= 0.3 is 5.97 Å². The Hall–Kier alpha value is -1.16. The van der Waals surface area contributed by atoms with E-state index in [0.717, 1.165) is 11.3 Å². The Bertz CT molecular complexity index is 379. The largest absolute Gasteiger partial charge is 0.465 e. The zero-order valence-electron chi connectivity index (χ0n) is 9.82. The second-order valence-corrected chi connectivity index (χ2v) is 5.00. The molecule has 0 amide bonds. The molecular weight excluding hydrogens is 222 g/mol. The SMILES string of the molecule is CCC(C)Sc1c(N)cccc1C(=O)OC. The fourth-order valence-corrected chi connectivity index (χ4v) is 2.29. The van der Waals surface area contributed by atoms with E-state index < -0.39 is 0 Å². The summed E-state index contributed by atoms with van der Waals surface area (Å²) in [6.07, 6.45) is 1.03. The molecule has 0 saturated carbocycles. The van der Waals surface area contributed by atoms with Crippen molar-refractivity contribution in [1.82, 2.24) is 0 Å². The van der Waals surface area contributed by atoms with Gasteiger partial charge in [0.1, 0.15) is 0 Å². The van der Waals surface area contributed by atoms with E-state index in [0.29, 0.717) is 16.5 Å². The van der Waals surface area contributed by atoms with E-state index in [2.05, 4.69) is 13.8 Å². The van der Waals surface area contributed by atoms with Gasteiger partial charge in [0.05, 0.1) is 12.7 Å². The fourth-order valence-electron chi connectivity index (χ4n) is 1.24. The third-order valence-corrected chi connectivity index (χ3v) is 3.77. The average molecular weight is 239 g/mol. The Morgan fingerprint density at radius 2 is 2.25 bits per heavy atom. The van der Waals surface area contributed by atoms with Crippen molar-refractivity contribution in [3.05, 3.63) is 23.8 Å². The van der Waals surface area contributed by atoms with Gasteiger partial charge in [-0.15, -0.1) is 11.8 Å². The molecule has 0 fully saturated rings. The molecule has 0 aliphatic carbocycles. The van der Waals surface area contributed by atoms with Crippen molar-refractivity contribution in [2.45, 2.75) is 30.4 Å². The molecule has 1 aromatic carbocycles. The van der Waals surface area contributed by atoms with Crippen molar-refractivity contribution >= 4 is 23.4 Å². The zero-order valence-corrected chi connectivity index (χ0v) is 10.6. The molecule has 0 heterocycles. The van der Waals surface area contributed by atoms with Gasteiger partial charge in [-0.1, -0.05) is 19.9 Å². The molecule has 1 aromatic rings. The third kappa shape index (κ3) is 2.92. The lowest BCUT2D eigenvalue weighted by atomic mass is 10.2. The summed E-state index contributed by atoms with van der Waals surface area (Å²) < 4.78 is 4.74. The number of nitrogen functional groups attached to an aromatic ring is 1. The maximum absolute atomic E-state index is 11.6. The Kier molecular flexibility index (Phi) is 4.68. The molecule has 0 aliphatic rings. The van der Waals surface area contributed by atoms with Crippen molar-refractivity contribution in [2.24, 2.45) is 0 Å². The van der Waals surface area contributed by atoms with Crippen LogP contribution < -0.4 is 5.73 Å². The monoisotopic (exact) mass is 239 g/mol. The second-order valence-electron chi connectivity index (χ2n) is 3.55. The minimum Gasteiger partial charge on any atom is -0.465 e. The summed E-state index contributed by atoms with van der Waals surface area (Å²) >= 11 is 1.61. The molecule has 1 atom stereocenters. The van der Waals surface area contributed by atoms with Crippen LogP contribution in [-0.4, -0.2) is 18.3 Å². The molecule has 0 bridgehead atoms. The standard InChI is InChI=1S/C12H17NO2S/c1-4-8(2)16-11-9(12(14)15-3)6-5-7-10(11)13/h5-8H,4,13H2,1-3H3. The summed E-state index contributed by atoms with van der Waals surface area (Å²) in [5, 5.41) is 0.424. The summed E-state index contributed by atoms with van der Waals surface area (Å²) in [4.78, 5) is 12.4. The quantitative estimate of drug-likeness (QED) is 0.498. The van der Waals surface area contributed by atoms with Crippen molar-refractivity contribution in [3.63, 3.8) is 0 Å². The molecule has 0 spiro atoms. The van der Waals surface area contributed by atoms with Crippen LogP contribution in [0.3, 0.4) is 0 Å². The highest BCUT2D eigenvalue weighted by Gasteiger charge is 2.16. The van der Waals surface area contributed by atoms with Gasteiger partial charge in [-0.2, -0.15) is 0 Å².